The molecule has 0 N–H and O–H groups in total. The molecule has 0 heterocycles. The van der Waals surface area contributed by atoms with Gasteiger partial charge in [-0.1, -0.05) is 0 Å². The van der Waals surface area contributed by atoms with E-state index >= 15 is 0 Å². The first-order valence-corrected chi connectivity index (χ1v) is 4.10. The maximum atomic E-state index is 10.6. The van der Waals surface area contributed by atoms with Gasteiger partial charge in [-0.15, -0.1) is 0 Å². The van der Waals surface area contributed by atoms with Crippen LogP contribution in [0.4, 0.5) is 0 Å². The van der Waals surface area contributed by atoms with E-state index < -0.39 is 0 Å². The summed E-state index contributed by atoms with van der Waals surface area (Å²) < 4.78 is 10.2. The Bertz CT molecular complexity index is 152. The summed E-state index contributed by atoms with van der Waals surface area (Å²) in [5.41, 5.74) is -0.227. The van der Waals surface area contributed by atoms with E-state index in [1.54, 1.807) is 7.11 Å². The molecule has 1 atom stereocenters. The maximum absolute atomic E-state index is 10.6. The van der Waals surface area contributed by atoms with Gasteiger partial charge in [0.25, 0.3) is 0 Å². The Kier molecular flexibility index (Phi) is 4.24. The smallest absolute Gasteiger partial charge is 0.302 e. The molecule has 0 aromatic rings. The highest BCUT2D eigenvalue weighted by Gasteiger charge is 2.21. The van der Waals surface area contributed by atoms with E-state index in [2.05, 4.69) is 0 Å². The SMILES string of the molecule is COC(C)(C)CC(C)OC(C)=O. The highest BCUT2D eigenvalue weighted by molar-refractivity contribution is 5.66. The molecule has 0 amide bonds. The van der Waals surface area contributed by atoms with Crippen LogP contribution in [0.2, 0.25) is 0 Å². The summed E-state index contributed by atoms with van der Waals surface area (Å²) >= 11 is 0. The number of carbonyl (C=O) groups excluding carboxylic acids is 1. The van der Waals surface area contributed by atoms with Gasteiger partial charge in [0, 0.05) is 20.5 Å². The second-order valence-corrected chi connectivity index (χ2v) is 3.59. The topological polar surface area (TPSA) is 35.5 Å². The lowest BCUT2D eigenvalue weighted by molar-refractivity contribution is -0.148. The Morgan fingerprint density at radius 2 is 2.00 bits per heavy atom. The molecule has 0 aliphatic carbocycles. The molecular formula is C9H18O3. The zero-order valence-corrected chi connectivity index (χ0v) is 8.51. The summed E-state index contributed by atoms with van der Waals surface area (Å²) in [6, 6.07) is 0. The molecule has 3 heteroatoms. The van der Waals surface area contributed by atoms with Crippen molar-refractivity contribution in [3.63, 3.8) is 0 Å². The molecule has 0 rings (SSSR count). The van der Waals surface area contributed by atoms with E-state index in [0.29, 0.717) is 6.42 Å². The van der Waals surface area contributed by atoms with Crippen LogP contribution in [0.5, 0.6) is 0 Å². The van der Waals surface area contributed by atoms with Gasteiger partial charge in [-0.25, -0.2) is 0 Å². The lowest BCUT2D eigenvalue weighted by Crippen LogP contribution is -2.29. The van der Waals surface area contributed by atoms with Crippen LogP contribution in [0, 0.1) is 0 Å². The van der Waals surface area contributed by atoms with Crippen molar-refractivity contribution in [3.05, 3.63) is 0 Å². The van der Waals surface area contributed by atoms with Crippen LogP contribution in [0.15, 0.2) is 0 Å². The second kappa shape index (κ2) is 4.45. The molecule has 0 fully saturated rings. The summed E-state index contributed by atoms with van der Waals surface area (Å²) in [6.45, 7) is 7.21. The number of hydrogen-bond acceptors (Lipinski definition) is 3. The molecule has 0 bridgehead atoms. The van der Waals surface area contributed by atoms with Gasteiger partial charge in [-0.3, -0.25) is 4.79 Å². The average molecular weight is 174 g/mol. The molecular weight excluding hydrogens is 156 g/mol. The maximum Gasteiger partial charge on any atom is 0.302 e. The van der Waals surface area contributed by atoms with Gasteiger partial charge in [-0.2, -0.15) is 0 Å². The van der Waals surface area contributed by atoms with Gasteiger partial charge in [0.05, 0.1) is 5.60 Å². The van der Waals surface area contributed by atoms with Gasteiger partial charge in [0.15, 0.2) is 0 Å². The first-order valence-electron chi connectivity index (χ1n) is 4.10. The van der Waals surface area contributed by atoms with Gasteiger partial charge >= 0.3 is 5.97 Å². The zero-order chi connectivity index (χ0) is 9.78. The third-order valence-corrected chi connectivity index (χ3v) is 1.70. The van der Waals surface area contributed by atoms with Gasteiger partial charge < -0.3 is 9.47 Å². The quantitative estimate of drug-likeness (QED) is 0.609. The fourth-order valence-corrected chi connectivity index (χ4v) is 1.10. The average Bonchev–Trinajstić information content (AvgIpc) is 1.84. The van der Waals surface area contributed by atoms with Crippen LogP contribution >= 0.6 is 0 Å². The first-order chi connectivity index (χ1) is 5.37. The minimum atomic E-state index is -0.241. The summed E-state index contributed by atoms with van der Waals surface area (Å²) in [5.74, 6) is -0.241. The van der Waals surface area contributed by atoms with E-state index in [-0.39, 0.29) is 17.7 Å². The van der Waals surface area contributed by atoms with Crippen molar-refractivity contribution in [2.45, 2.75) is 45.8 Å². The van der Waals surface area contributed by atoms with E-state index in [4.69, 9.17) is 9.47 Å². The van der Waals surface area contributed by atoms with Crippen LogP contribution in [-0.2, 0) is 14.3 Å². The van der Waals surface area contributed by atoms with Crippen LogP contribution in [0.3, 0.4) is 0 Å². The van der Waals surface area contributed by atoms with Gasteiger partial charge in [-0.05, 0) is 20.8 Å². The molecule has 0 aromatic carbocycles. The van der Waals surface area contributed by atoms with Crippen molar-refractivity contribution < 1.29 is 14.3 Å². The largest absolute Gasteiger partial charge is 0.463 e. The summed E-state index contributed by atoms with van der Waals surface area (Å²) in [5, 5.41) is 0. The molecule has 0 aromatic heterocycles. The minimum Gasteiger partial charge on any atom is -0.463 e. The molecule has 0 aliphatic heterocycles. The van der Waals surface area contributed by atoms with Crippen molar-refractivity contribution in [2.24, 2.45) is 0 Å². The normalized spacial score (nSPS) is 14.1. The molecule has 0 radical (unpaired) electrons. The minimum absolute atomic E-state index is 0.0857. The Labute approximate surface area is 74.0 Å². The predicted octanol–water partition coefficient (Wildman–Crippen LogP) is 1.75. The standard InChI is InChI=1S/C9H18O3/c1-7(12-8(2)10)6-9(3,4)11-5/h7H,6H2,1-5H3. The Morgan fingerprint density at radius 3 is 2.33 bits per heavy atom. The van der Waals surface area contributed by atoms with Gasteiger partial charge in [0.1, 0.15) is 6.10 Å². The molecule has 0 saturated carbocycles. The number of hydrogen-bond donors (Lipinski definition) is 0. The first kappa shape index (κ1) is 11.4. The van der Waals surface area contributed by atoms with Crippen LogP contribution in [0.1, 0.15) is 34.1 Å². The molecule has 0 spiro atoms. The molecule has 0 aliphatic rings. The highest BCUT2D eigenvalue weighted by atomic mass is 16.5. The molecule has 0 saturated heterocycles. The van der Waals surface area contributed by atoms with Crippen molar-refractivity contribution in [3.8, 4) is 0 Å². The Hall–Kier alpha value is -0.570. The van der Waals surface area contributed by atoms with Crippen molar-refractivity contribution >= 4 is 5.97 Å². The third kappa shape index (κ3) is 5.13. The molecule has 1 unspecified atom stereocenters. The van der Waals surface area contributed by atoms with E-state index in [1.807, 2.05) is 20.8 Å². The van der Waals surface area contributed by atoms with E-state index in [9.17, 15) is 4.79 Å². The monoisotopic (exact) mass is 174 g/mol. The highest BCUT2D eigenvalue weighted by Crippen LogP contribution is 2.17. The van der Waals surface area contributed by atoms with Crippen LogP contribution < -0.4 is 0 Å². The molecule has 3 nitrogen and oxygen atoms in total. The van der Waals surface area contributed by atoms with Crippen molar-refractivity contribution in [2.75, 3.05) is 7.11 Å². The van der Waals surface area contributed by atoms with E-state index in [1.165, 1.54) is 6.92 Å². The summed E-state index contributed by atoms with van der Waals surface area (Å²) in [7, 11) is 1.65. The van der Waals surface area contributed by atoms with Crippen molar-refractivity contribution in [1.82, 2.24) is 0 Å². The number of ether oxygens (including phenoxy) is 2. The fraction of sp³-hybridized carbons (Fsp3) is 0.889. The molecule has 12 heavy (non-hydrogen) atoms. The predicted molar refractivity (Wildman–Crippen MR) is 46.9 cm³/mol. The van der Waals surface area contributed by atoms with Crippen LogP contribution in [-0.4, -0.2) is 24.8 Å². The lowest BCUT2D eigenvalue weighted by atomic mass is 10.0. The zero-order valence-electron chi connectivity index (χ0n) is 8.51. The van der Waals surface area contributed by atoms with Crippen LogP contribution in [0.25, 0.3) is 0 Å². The lowest BCUT2D eigenvalue weighted by Gasteiger charge is -2.26. The summed E-state index contributed by atoms with van der Waals surface area (Å²) in [6.07, 6.45) is 0.626. The van der Waals surface area contributed by atoms with E-state index in [0.717, 1.165) is 0 Å². The number of rotatable bonds is 4. The van der Waals surface area contributed by atoms with Gasteiger partial charge in [0.2, 0.25) is 0 Å². The van der Waals surface area contributed by atoms with Crippen molar-refractivity contribution in [1.29, 1.82) is 0 Å². The Morgan fingerprint density at radius 1 is 1.50 bits per heavy atom. The number of esters is 1. The Balaban J connectivity index is 3.83. The summed E-state index contributed by atoms with van der Waals surface area (Å²) in [4.78, 5) is 10.6. The second-order valence-electron chi connectivity index (χ2n) is 3.59. The number of methoxy groups -OCH3 is 1. The third-order valence-electron chi connectivity index (χ3n) is 1.70. The fourth-order valence-electron chi connectivity index (χ4n) is 1.10. The number of carbonyl (C=O) groups is 1. The molecule has 72 valence electrons.